The molecular weight excluding hydrogens is 202 g/mol. The third-order valence-corrected chi connectivity index (χ3v) is 4.53. The molecule has 4 nitrogen and oxygen atoms in total. The summed E-state index contributed by atoms with van der Waals surface area (Å²) < 4.78 is 0. The van der Waals surface area contributed by atoms with Gasteiger partial charge in [0.15, 0.2) is 0 Å². The molecule has 16 heavy (non-hydrogen) atoms. The van der Waals surface area contributed by atoms with Gasteiger partial charge in [-0.15, -0.1) is 0 Å². The number of ketones is 1. The molecule has 4 aliphatic carbocycles. The second kappa shape index (κ2) is 3.63. The first kappa shape index (κ1) is 9.91. The molecule has 0 aromatic heterocycles. The summed E-state index contributed by atoms with van der Waals surface area (Å²) in [5.41, 5.74) is 8.46. The summed E-state index contributed by atoms with van der Waals surface area (Å²) in [5.74, 6) is 1.90. The number of nitrogens with zero attached hydrogens (tertiary/aromatic N) is 3. The molecule has 0 amide bonds. The smallest absolute Gasteiger partial charge is 0.145 e. The average Bonchev–Trinajstić information content (AvgIpc) is 2.34. The van der Waals surface area contributed by atoms with Crippen LogP contribution in [0.25, 0.3) is 10.4 Å². The number of carbonyl (C=O) groups is 1. The largest absolute Gasteiger partial charge is 0.299 e. The van der Waals surface area contributed by atoms with Crippen LogP contribution >= 0.6 is 0 Å². The number of azide groups is 1. The zero-order valence-corrected chi connectivity index (χ0v) is 9.12. The highest BCUT2D eigenvalue weighted by Crippen LogP contribution is 2.50. The van der Waals surface area contributed by atoms with Crippen LogP contribution in [0.5, 0.6) is 0 Å². The molecule has 0 radical (unpaired) electrons. The van der Waals surface area contributed by atoms with Crippen molar-refractivity contribution in [3.05, 3.63) is 22.6 Å². The minimum atomic E-state index is -0.390. The van der Waals surface area contributed by atoms with E-state index in [1.807, 2.05) is 0 Å². The first-order valence-electron chi connectivity index (χ1n) is 6.07. The van der Waals surface area contributed by atoms with Crippen LogP contribution in [0.3, 0.4) is 0 Å². The summed E-state index contributed by atoms with van der Waals surface area (Å²) in [4.78, 5) is 15.0. The van der Waals surface area contributed by atoms with Crippen molar-refractivity contribution in [2.75, 3.05) is 0 Å². The zero-order valence-electron chi connectivity index (χ0n) is 9.12. The van der Waals surface area contributed by atoms with E-state index < -0.39 is 0 Å². The Morgan fingerprint density at radius 3 is 2.62 bits per heavy atom. The van der Waals surface area contributed by atoms with Crippen molar-refractivity contribution in [1.29, 1.82) is 0 Å². The van der Waals surface area contributed by atoms with Crippen molar-refractivity contribution in [3.8, 4) is 0 Å². The van der Waals surface area contributed by atoms with Gasteiger partial charge < -0.3 is 0 Å². The summed E-state index contributed by atoms with van der Waals surface area (Å²) in [6.45, 7) is 0. The van der Waals surface area contributed by atoms with Crippen molar-refractivity contribution in [2.24, 2.45) is 28.8 Å². The van der Waals surface area contributed by atoms with Crippen molar-refractivity contribution in [2.45, 2.75) is 31.7 Å². The van der Waals surface area contributed by atoms with Gasteiger partial charge >= 0.3 is 0 Å². The van der Waals surface area contributed by atoms with Crippen molar-refractivity contribution in [3.63, 3.8) is 0 Å². The van der Waals surface area contributed by atoms with E-state index in [1.165, 1.54) is 6.42 Å². The fourth-order valence-corrected chi connectivity index (χ4v) is 3.81. The van der Waals surface area contributed by atoms with E-state index in [1.54, 1.807) is 0 Å². The number of hydrogen-bond acceptors (Lipinski definition) is 2. The molecule has 3 unspecified atom stereocenters. The van der Waals surface area contributed by atoms with Crippen LogP contribution in [0.4, 0.5) is 0 Å². The van der Waals surface area contributed by atoms with Gasteiger partial charge in [0.1, 0.15) is 5.78 Å². The molecule has 0 heterocycles. The lowest BCUT2D eigenvalue weighted by molar-refractivity contribution is -0.133. The van der Waals surface area contributed by atoms with Gasteiger partial charge in [-0.05, 0) is 49.0 Å². The summed E-state index contributed by atoms with van der Waals surface area (Å²) in [6, 6.07) is -0.390. The molecule has 84 valence electrons. The number of hydrogen-bond donors (Lipinski definition) is 0. The molecule has 0 aliphatic heterocycles. The average molecular weight is 217 g/mol. The highest BCUT2D eigenvalue weighted by molar-refractivity contribution is 5.88. The highest BCUT2D eigenvalue weighted by Gasteiger charge is 2.48. The van der Waals surface area contributed by atoms with E-state index in [9.17, 15) is 4.79 Å². The fourth-order valence-electron chi connectivity index (χ4n) is 3.81. The van der Waals surface area contributed by atoms with Gasteiger partial charge in [0.2, 0.25) is 0 Å². The second-order valence-electron chi connectivity index (χ2n) is 5.18. The fraction of sp³-hybridized carbons (Fsp3) is 0.750. The maximum atomic E-state index is 12.2. The number of rotatable bonds is 1. The first-order chi connectivity index (χ1) is 7.81. The van der Waals surface area contributed by atoms with E-state index in [0.717, 1.165) is 19.3 Å². The predicted octanol–water partition coefficient (Wildman–Crippen LogP) is 2.86. The molecule has 5 atom stereocenters. The minimum absolute atomic E-state index is 0.146. The maximum absolute atomic E-state index is 12.2. The van der Waals surface area contributed by atoms with Crippen LogP contribution in [0.15, 0.2) is 17.3 Å². The van der Waals surface area contributed by atoms with Crippen LogP contribution in [-0.2, 0) is 4.79 Å². The van der Waals surface area contributed by atoms with Crippen molar-refractivity contribution >= 4 is 5.78 Å². The second-order valence-corrected chi connectivity index (χ2v) is 5.18. The number of Topliss-reactive ketones (excluding diaryl/α,β-unsaturated/α-hetero) is 1. The standard InChI is InChI=1S/C12H15N3O/c13-15-14-10-6-5-9-7-1-3-8(4-2-7)11(9)12(10)16/h1,3,7-11H,2,4-6H2/t7-,8+,9?,10?,11?/m0/s1. The van der Waals surface area contributed by atoms with Crippen molar-refractivity contribution < 1.29 is 4.79 Å². The van der Waals surface area contributed by atoms with Gasteiger partial charge in [-0.3, -0.25) is 4.79 Å². The van der Waals surface area contributed by atoms with Crippen molar-refractivity contribution in [1.82, 2.24) is 0 Å². The molecule has 2 saturated carbocycles. The maximum Gasteiger partial charge on any atom is 0.145 e. The van der Waals surface area contributed by atoms with Crippen LogP contribution in [0.1, 0.15) is 25.7 Å². The SMILES string of the molecule is [N-]=[N+]=NC1CCC2C(C1=O)[C@@H]1C=C[C@H]2CC1. The number of carbonyl (C=O) groups excluding carboxylic acids is 1. The third-order valence-electron chi connectivity index (χ3n) is 4.53. The molecule has 0 N–H and O–H groups in total. The van der Waals surface area contributed by atoms with Crippen LogP contribution in [-0.4, -0.2) is 11.8 Å². The van der Waals surface area contributed by atoms with Gasteiger partial charge in [-0.2, -0.15) is 0 Å². The number of allylic oxidation sites excluding steroid dienone is 2. The molecular formula is C12H15N3O. The van der Waals surface area contributed by atoms with Gasteiger partial charge in [-0.1, -0.05) is 17.3 Å². The Bertz CT molecular complexity index is 397. The molecule has 2 fully saturated rings. The Balaban J connectivity index is 1.90. The summed E-state index contributed by atoms with van der Waals surface area (Å²) in [6.07, 6.45) is 8.69. The molecule has 4 aliphatic rings. The summed E-state index contributed by atoms with van der Waals surface area (Å²) in [7, 11) is 0. The third kappa shape index (κ3) is 1.30. The van der Waals surface area contributed by atoms with E-state index >= 15 is 0 Å². The lowest BCUT2D eigenvalue weighted by Gasteiger charge is -2.47. The van der Waals surface area contributed by atoms with Crippen LogP contribution < -0.4 is 0 Å². The number of fused-ring (bicyclic) bond motifs is 1. The monoisotopic (exact) mass is 217 g/mol. The Hall–Kier alpha value is -1.28. The van der Waals surface area contributed by atoms with Gasteiger partial charge in [-0.25, -0.2) is 0 Å². The van der Waals surface area contributed by atoms with Crippen LogP contribution in [0.2, 0.25) is 0 Å². The van der Waals surface area contributed by atoms with Gasteiger partial charge in [0.25, 0.3) is 0 Å². The van der Waals surface area contributed by atoms with E-state index in [0.29, 0.717) is 17.8 Å². The van der Waals surface area contributed by atoms with Gasteiger partial charge in [0.05, 0.1) is 6.04 Å². The molecule has 4 rings (SSSR count). The Morgan fingerprint density at radius 1 is 1.19 bits per heavy atom. The molecule has 4 heteroatoms. The van der Waals surface area contributed by atoms with E-state index in [4.69, 9.17) is 5.53 Å². The predicted molar refractivity (Wildman–Crippen MR) is 59.5 cm³/mol. The minimum Gasteiger partial charge on any atom is -0.299 e. The summed E-state index contributed by atoms with van der Waals surface area (Å²) in [5, 5.41) is 3.65. The normalized spacial score (nSPS) is 45.0. The quantitative estimate of drug-likeness (QED) is 0.288. The van der Waals surface area contributed by atoms with E-state index in [2.05, 4.69) is 22.2 Å². The molecule has 2 bridgehead atoms. The molecule has 0 aromatic carbocycles. The molecule has 0 aromatic rings. The zero-order chi connectivity index (χ0) is 11.1. The Morgan fingerprint density at radius 2 is 1.94 bits per heavy atom. The Kier molecular flexibility index (Phi) is 2.25. The lowest BCUT2D eigenvalue weighted by Crippen LogP contribution is -2.48. The molecule has 0 spiro atoms. The Labute approximate surface area is 94.3 Å². The van der Waals surface area contributed by atoms with E-state index in [-0.39, 0.29) is 17.7 Å². The first-order valence-corrected chi connectivity index (χ1v) is 6.07. The summed E-state index contributed by atoms with van der Waals surface area (Å²) >= 11 is 0. The highest BCUT2D eigenvalue weighted by atomic mass is 16.1. The van der Waals surface area contributed by atoms with Crippen LogP contribution in [0, 0.1) is 23.7 Å². The molecule has 0 saturated heterocycles. The topological polar surface area (TPSA) is 65.8 Å². The van der Waals surface area contributed by atoms with Gasteiger partial charge in [0, 0.05) is 10.8 Å². The lowest BCUT2D eigenvalue weighted by atomic mass is 9.56.